The molecule has 0 radical (unpaired) electrons. The van der Waals surface area contributed by atoms with Crippen LogP contribution in [0.5, 0.6) is 0 Å². The molecule has 92 valence electrons. The van der Waals surface area contributed by atoms with Gasteiger partial charge in [-0.05, 0) is 25.5 Å². The zero-order valence-electron chi connectivity index (χ0n) is 10.2. The molecule has 1 N–H and O–H groups in total. The highest BCUT2D eigenvalue weighted by molar-refractivity contribution is 5.81. The number of benzene rings is 1. The minimum Gasteiger partial charge on any atom is -0.463 e. The lowest BCUT2D eigenvalue weighted by molar-refractivity contribution is -0.137. The molecular weight excluding hydrogens is 214 g/mol. The van der Waals surface area contributed by atoms with Crippen LogP contribution in [0.15, 0.2) is 42.5 Å². The van der Waals surface area contributed by atoms with Crippen molar-refractivity contribution in [3.05, 3.63) is 48.0 Å². The normalized spacial score (nSPS) is 10.6. The van der Waals surface area contributed by atoms with Crippen LogP contribution in [-0.2, 0) is 16.1 Å². The second kappa shape index (κ2) is 8.53. The molecule has 1 aromatic carbocycles. The van der Waals surface area contributed by atoms with Crippen molar-refractivity contribution in [2.75, 3.05) is 13.2 Å². The summed E-state index contributed by atoms with van der Waals surface area (Å²) in [5.41, 5.74) is 1.27. The fourth-order valence-electron chi connectivity index (χ4n) is 1.38. The highest BCUT2D eigenvalue weighted by atomic mass is 16.5. The van der Waals surface area contributed by atoms with E-state index in [4.69, 9.17) is 4.74 Å². The van der Waals surface area contributed by atoms with Gasteiger partial charge in [0.15, 0.2) is 0 Å². The summed E-state index contributed by atoms with van der Waals surface area (Å²) < 4.78 is 4.77. The highest BCUT2D eigenvalue weighted by Crippen LogP contribution is 1.97. The lowest BCUT2D eigenvalue weighted by Gasteiger charge is -2.02. The molecule has 1 rings (SSSR count). The molecule has 0 saturated carbocycles. The lowest BCUT2D eigenvalue weighted by Crippen LogP contribution is -2.14. The van der Waals surface area contributed by atoms with Gasteiger partial charge in [-0.15, -0.1) is 0 Å². The van der Waals surface area contributed by atoms with Crippen LogP contribution < -0.4 is 5.32 Å². The summed E-state index contributed by atoms with van der Waals surface area (Å²) in [7, 11) is 0. The molecule has 0 bridgehead atoms. The van der Waals surface area contributed by atoms with E-state index in [2.05, 4.69) is 17.4 Å². The van der Waals surface area contributed by atoms with Gasteiger partial charge in [0.25, 0.3) is 0 Å². The number of nitrogens with one attached hydrogen (secondary N) is 1. The topological polar surface area (TPSA) is 38.3 Å². The third kappa shape index (κ3) is 6.53. The Balaban J connectivity index is 2.07. The van der Waals surface area contributed by atoms with E-state index in [0.717, 1.165) is 19.5 Å². The van der Waals surface area contributed by atoms with Gasteiger partial charge in [0.1, 0.15) is 0 Å². The molecule has 0 aliphatic heterocycles. The maximum absolute atomic E-state index is 11.0. The first-order valence-corrected chi connectivity index (χ1v) is 5.91. The first-order chi connectivity index (χ1) is 8.33. The minimum absolute atomic E-state index is 0.268. The smallest absolute Gasteiger partial charge is 0.330 e. The first-order valence-electron chi connectivity index (χ1n) is 5.91. The quantitative estimate of drug-likeness (QED) is 0.446. The van der Waals surface area contributed by atoms with Gasteiger partial charge in [0.05, 0.1) is 6.61 Å². The third-order valence-corrected chi connectivity index (χ3v) is 2.20. The molecule has 0 aliphatic rings. The molecule has 17 heavy (non-hydrogen) atoms. The van der Waals surface area contributed by atoms with Crippen molar-refractivity contribution in [2.24, 2.45) is 0 Å². The van der Waals surface area contributed by atoms with Crippen LogP contribution in [0.1, 0.15) is 18.9 Å². The van der Waals surface area contributed by atoms with Crippen molar-refractivity contribution in [1.29, 1.82) is 0 Å². The Bertz CT molecular complexity index is 346. The average Bonchev–Trinajstić information content (AvgIpc) is 2.35. The summed E-state index contributed by atoms with van der Waals surface area (Å²) in [5, 5.41) is 3.30. The lowest BCUT2D eigenvalue weighted by atomic mass is 10.2. The number of carbonyl (C=O) groups is 1. The maximum atomic E-state index is 11.0. The van der Waals surface area contributed by atoms with E-state index in [1.165, 1.54) is 11.6 Å². The van der Waals surface area contributed by atoms with Crippen LogP contribution in [0.2, 0.25) is 0 Å². The molecule has 0 atom stereocenters. The number of rotatable bonds is 7. The van der Waals surface area contributed by atoms with Crippen molar-refractivity contribution in [3.63, 3.8) is 0 Å². The predicted octanol–water partition coefficient (Wildman–Crippen LogP) is 2.29. The number of ether oxygens (including phenoxy) is 1. The monoisotopic (exact) mass is 233 g/mol. The molecule has 0 heterocycles. The summed E-state index contributed by atoms with van der Waals surface area (Å²) in [6.45, 7) is 3.93. The van der Waals surface area contributed by atoms with Gasteiger partial charge in [-0.2, -0.15) is 0 Å². The standard InChI is InChI=1S/C14H19NO2/c1-2-17-14(16)10-6-7-11-15-12-13-8-4-3-5-9-13/h3-6,8-10,15H,2,7,11-12H2,1H3/b10-6+. The van der Waals surface area contributed by atoms with Gasteiger partial charge >= 0.3 is 5.97 Å². The van der Waals surface area contributed by atoms with Crippen LogP contribution in [0.25, 0.3) is 0 Å². The number of hydrogen-bond donors (Lipinski definition) is 1. The van der Waals surface area contributed by atoms with Crippen LogP contribution >= 0.6 is 0 Å². The van der Waals surface area contributed by atoms with E-state index in [0.29, 0.717) is 6.61 Å². The number of carbonyl (C=O) groups excluding carboxylic acids is 1. The van der Waals surface area contributed by atoms with Gasteiger partial charge in [0, 0.05) is 12.6 Å². The Hall–Kier alpha value is -1.61. The van der Waals surface area contributed by atoms with E-state index in [-0.39, 0.29) is 5.97 Å². The molecule has 3 heteroatoms. The first kappa shape index (κ1) is 13.5. The molecule has 0 aromatic heterocycles. The number of esters is 1. The fourth-order valence-corrected chi connectivity index (χ4v) is 1.38. The molecule has 0 unspecified atom stereocenters. The predicted molar refractivity (Wildman–Crippen MR) is 68.5 cm³/mol. The Morgan fingerprint density at radius 3 is 2.82 bits per heavy atom. The van der Waals surface area contributed by atoms with Crippen LogP contribution in [0.4, 0.5) is 0 Å². The van der Waals surface area contributed by atoms with Gasteiger partial charge in [0.2, 0.25) is 0 Å². The van der Waals surface area contributed by atoms with Gasteiger partial charge < -0.3 is 10.1 Å². The Morgan fingerprint density at radius 1 is 1.35 bits per heavy atom. The van der Waals surface area contributed by atoms with Crippen LogP contribution in [0.3, 0.4) is 0 Å². The highest BCUT2D eigenvalue weighted by Gasteiger charge is 1.92. The molecule has 1 aromatic rings. The largest absolute Gasteiger partial charge is 0.463 e. The fraction of sp³-hybridized carbons (Fsp3) is 0.357. The minimum atomic E-state index is -0.268. The molecular formula is C14H19NO2. The second-order valence-corrected chi connectivity index (χ2v) is 3.61. The Morgan fingerprint density at radius 2 is 2.12 bits per heavy atom. The van der Waals surface area contributed by atoms with Crippen LogP contribution in [-0.4, -0.2) is 19.1 Å². The summed E-state index contributed by atoms with van der Waals surface area (Å²) in [6, 6.07) is 10.2. The maximum Gasteiger partial charge on any atom is 0.330 e. The third-order valence-electron chi connectivity index (χ3n) is 2.20. The molecule has 0 fully saturated rings. The van der Waals surface area contributed by atoms with E-state index >= 15 is 0 Å². The van der Waals surface area contributed by atoms with E-state index < -0.39 is 0 Å². The zero-order valence-corrected chi connectivity index (χ0v) is 10.2. The van der Waals surface area contributed by atoms with Gasteiger partial charge in [-0.3, -0.25) is 0 Å². The van der Waals surface area contributed by atoms with Crippen molar-refractivity contribution in [3.8, 4) is 0 Å². The molecule has 0 aliphatic carbocycles. The molecule has 0 saturated heterocycles. The number of hydrogen-bond acceptors (Lipinski definition) is 3. The molecule has 0 spiro atoms. The van der Waals surface area contributed by atoms with Crippen molar-refractivity contribution in [2.45, 2.75) is 19.9 Å². The Labute approximate surface area is 102 Å². The molecule has 0 amide bonds. The van der Waals surface area contributed by atoms with Crippen molar-refractivity contribution < 1.29 is 9.53 Å². The van der Waals surface area contributed by atoms with Crippen molar-refractivity contribution in [1.82, 2.24) is 5.32 Å². The van der Waals surface area contributed by atoms with E-state index in [1.54, 1.807) is 6.92 Å². The van der Waals surface area contributed by atoms with Gasteiger partial charge in [-0.1, -0.05) is 36.4 Å². The second-order valence-electron chi connectivity index (χ2n) is 3.61. The SMILES string of the molecule is CCOC(=O)/C=C/CCNCc1ccccc1. The summed E-state index contributed by atoms with van der Waals surface area (Å²) in [6.07, 6.45) is 4.13. The van der Waals surface area contributed by atoms with Crippen molar-refractivity contribution >= 4 is 5.97 Å². The van der Waals surface area contributed by atoms with E-state index in [9.17, 15) is 4.79 Å². The van der Waals surface area contributed by atoms with E-state index in [1.807, 2.05) is 24.3 Å². The summed E-state index contributed by atoms with van der Waals surface area (Å²) in [4.78, 5) is 11.0. The average molecular weight is 233 g/mol. The zero-order chi connectivity index (χ0) is 12.3. The van der Waals surface area contributed by atoms with Gasteiger partial charge in [-0.25, -0.2) is 4.79 Å². The summed E-state index contributed by atoms with van der Waals surface area (Å²) in [5.74, 6) is -0.268. The Kier molecular flexibility index (Phi) is 6.75. The van der Waals surface area contributed by atoms with Crippen LogP contribution in [0, 0.1) is 0 Å². The summed E-state index contributed by atoms with van der Waals surface area (Å²) >= 11 is 0. The molecule has 3 nitrogen and oxygen atoms in total.